The zero-order valence-corrected chi connectivity index (χ0v) is 11.2. The smallest absolute Gasteiger partial charge is 0.155 e. The van der Waals surface area contributed by atoms with Gasteiger partial charge in [0.2, 0.25) is 0 Å². The zero-order valence-electron chi connectivity index (χ0n) is 11.2. The molecule has 0 spiro atoms. The lowest BCUT2D eigenvalue weighted by Gasteiger charge is -2.19. The summed E-state index contributed by atoms with van der Waals surface area (Å²) >= 11 is 0. The highest BCUT2D eigenvalue weighted by Crippen LogP contribution is 2.25. The monoisotopic (exact) mass is 257 g/mol. The van der Waals surface area contributed by atoms with Gasteiger partial charge in [-0.3, -0.25) is 0 Å². The van der Waals surface area contributed by atoms with Crippen LogP contribution in [0.2, 0.25) is 0 Å². The number of rotatable bonds is 3. The van der Waals surface area contributed by atoms with Crippen LogP contribution in [0.25, 0.3) is 0 Å². The molecule has 1 aromatic carbocycles. The summed E-state index contributed by atoms with van der Waals surface area (Å²) in [5.74, 6) is 1.98. The molecule has 100 valence electrons. The largest absolute Gasteiger partial charge is 0.396 e. The fourth-order valence-electron chi connectivity index (χ4n) is 2.62. The van der Waals surface area contributed by atoms with Gasteiger partial charge in [-0.25, -0.2) is 9.67 Å². The van der Waals surface area contributed by atoms with E-state index in [0.717, 1.165) is 37.5 Å². The third-order valence-electron chi connectivity index (χ3n) is 3.74. The molecule has 19 heavy (non-hydrogen) atoms. The van der Waals surface area contributed by atoms with Crippen molar-refractivity contribution in [2.24, 2.45) is 0 Å². The van der Waals surface area contributed by atoms with E-state index >= 15 is 0 Å². The van der Waals surface area contributed by atoms with Crippen molar-refractivity contribution in [3.63, 3.8) is 0 Å². The Morgan fingerprint density at radius 2 is 2.11 bits per heavy atom. The van der Waals surface area contributed by atoms with Crippen LogP contribution in [0.15, 0.2) is 24.3 Å². The molecule has 0 radical (unpaired) electrons. The normalized spacial score (nSPS) is 18.3. The van der Waals surface area contributed by atoms with Gasteiger partial charge in [0.05, 0.1) is 6.61 Å². The molecule has 1 aliphatic rings. The predicted octanol–water partition coefficient (Wildman–Crippen LogP) is 2.05. The van der Waals surface area contributed by atoms with Crippen LogP contribution in [0.4, 0.5) is 0 Å². The topological polar surface area (TPSA) is 50.9 Å². The summed E-state index contributed by atoms with van der Waals surface area (Å²) in [6.45, 7) is 3.18. The molecule has 1 unspecified atom stereocenters. The Hall–Kier alpha value is -1.68. The number of hydrogen-bond acceptors (Lipinski definition) is 3. The van der Waals surface area contributed by atoms with E-state index < -0.39 is 0 Å². The maximum Gasteiger partial charge on any atom is 0.155 e. The molecule has 2 heterocycles. The molecule has 4 nitrogen and oxygen atoms in total. The molecule has 1 aromatic heterocycles. The van der Waals surface area contributed by atoms with Gasteiger partial charge in [-0.05, 0) is 25.3 Å². The predicted molar refractivity (Wildman–Crippen MR) is 73.1 cm³/mol. The fraction of sp³-hybridized carbons (Fsp3) is 0.467. The standard InChI is InChI=1S/C15H19N3O/c1-11-4-6-12(7-5-11)9-14-16-15-13(10-19)3-2-8-18(15)17-14/h4-7,13,19H,2-3,8-10H2,1H3. The Kier molecular flexibility index (Phi) is 3.34. The van der Waals surface area contributed by atoms with E-state index in [-0.39, 0.29) is 12.5 Å². The molecular weight excluding hydrogens is 238 g/mol. The summed E-state index contributed by atoms with van der Waals surface area (Å²) in [6.07, 6.45) is 2.85. The maximum absolute atomic E-state index is 9.39. The minimum Gasteiger partial charge on any atom is -0.396 e. The molecule has 1 N–H and O–H groups in total. The van der Waals surface area contributed by atoms with E-state index in [9.17, 15) is 5.11 Å². The highest BCUT2D eigenvalue weighted by atomic mass is 16.3. The molecule has 0 fully saturated rings. The van der Waals surface area contributed by atoms with Gasteiger partial charge in [0, 0.05) is 18.9 Å². The van der Waals surface area contributed by atoms with Gasteiger partial charge < -0.3 is 5.11 Å². The number of aliphatic hydroxyl groups is 1. The Morgan fingerprint density at radius 3 is 2.84 bits per heavy atom. The average molecular weight is 257 g/mol. The zero-order chi connectivity index (χ0) is 13.2. The Labute approximate surface area is 113 Å². The number of nitrogens with zero attached hydrogens (tertiary/aromatic N) is 3. The van der Waals surface area contributed by atoms with Crippen LogP contribution in [0.5, 0.6) is 0 Å². The highest BCUT2D eigenvalue weighted by molar-refractivity contribution is 5.24. The van der Waals surface area contributed by atoms with Gasteiger partial charge in [0.25, 0.3) is 0 Å². The van der Waals surface area contributed by atoms with E-state index in [2.05, 4.69) is 41.3 Å². The summed E-state index contributed by atoms with van der Waals surface area (Å²) in [7, 11) is 0. The van der Waals surface area contributed by atoms with E-state index in [0.29, 0.717) is 0 Å². The molecule has 0 saturated carbocycles. The van der Waals surface area contributed by atoms with Crippen molar-refractivity contribution in [1.82, 2.24) is 14.8 Å². The van der Waals surface area contributed by atoms with Crippen LogP contribution in [-0.4, -0.2) is 26.5 Å². The lowest BCUT2D eigenvalue weighted by atomic mass is 10.0. The number of hydrogen-bond donors (Lipinski definition) is 1. The first kappa shape index (κ1) is 12.4. The second kappa shape index (κ2) is 5.13. The molecule has 0 aliphatic carbocycles. The molecular formula is C15H19N3O. The van der Waals surface area contributed by atoms with Crippen LogP contribution in [-0.2, 0) is 13.0 Å². The van der Waals surface area contributed by atoms with Gasteiger partial charge in [-0.1, -0.05) is 29.8 Å². The summed E-state index contributed by atoms with van der Waals surface area (Å²) < 4.78 is 1.97. The Morgan fingerprint density at radius 1 is 1.32 bits per heavy atom. The lowest BCUT2D eigenvalue weighted by Crippen LogP contribution is -2.19. The van der Waals surface area contributed by atoms with E-state index in [1.54, 1.807) is 0 Å². The van der Waals surface area contributed by atoms with Gasteiger partial charge in [0.1, 0.15) is 5.82 Å². The third kappa shape index (κ3) is 2.54. The van der Waals surface area contributed by atoms with Crippen LogP contribution in [0.3, 0.4) is 0 Å². The minimum absolute atomic E-state index is 0.160. The van der Waals surface area contributed by atoms with Crippen molar-refractivity contribution in [3.05, 3.63) is 47.0 Å². The molecule has 2 aromatic rings. The van der Waals surface area contributed by atoms with Gasteiger partial charge in [-0.15, -0.1) is 0 Å². The lowest BCUT2D eigenvalue weighted by molar-refractivity contribution is 0.234. The molecule has 0 saturated heterocycles. The number of aliphatic hydroxyl groups excluding tert-OH is 1. The summed E-state index contributed by atoms with van der Waals surface area (Å²) in [4.78, 5) is 4.61. The molecule has 1 atom stereocenters. The van der Waals surface area contributed by atoms with Crippen LogP contribution < -0.4 is 0 Å². The molecule has 0 amide bonds. The summed E-state index contributed by atoms with van der Waals surface area (Å²) in [6, 6.07) is 8.47. The maximum atomic E-state index is 9.39. The number of aryl methyl sites for hydroxylation is 2. The average Bonchev–Trinajstić information content (AvgIpc) is 2.83. The van der Waals surface area contributed by atoms with Crippen molar-refractivity contribution in [2.75, 3.05) is 6.61 Å². The molecule has 4 heteroatoms. The molecule has 0 bridgehead atoms. The minimum atomic E-state index is 0.160. The number of benzene rings is 1. The van der Waals surface area contributed by atoms with Crippen LogP contribution in [0.1, 0.15) is 41.5 Å². The van der Waals surface area contributed by atoms with E-state index in [4.69, 9.17) is 0 Å². The molecule has 3 rings (SSSR count). The van der Waals surface area contributed by atoms with Gasteiger partial charge >= 0.3 is 0 Å². The Balaban J connectivity index is 1.82. The Bertz CT molecular complexity index is 559. The highest BCUT2D eigenvalue weighted by Gasteiger charge is 2.23. The van der Waals surface area contributed by atoms with Crippen molar-refractivity contribution in [2.45, 2.75) is 38.6 Å². The van der Waals surface area contributed by atoms with Crippen LogP contribution >= 0.6 is 0 Å². The van der Waals surface area contributed by atoms with E-state index in [1.165, 1.54) is 11.1 Å². The third-order valence-corrected chi connectivity index (χ3v) is 3.74. The number of fused-ring (bicyclic) bond motifs is 1. The van der Waals surface area contributed by atoms with E-state index in [1.807, 2.05) is 4.68 Å². The van der Waals surface area contributed by atoms with Crippen molar-refractivity contribution in [1.29, 1.82) is 0 Å². The van der Waals surface area contributed by atoms with Crippen LogP contribution in [0, 0.1) is 6.92 Å². The summed E-state index contributed by atoms with van der Waals surface area (Å²) in [5, 5.41) is 13.9. The first-order chi connectivity index (χ1) is 9.26. The quantitative estimate of drug-likeness (QED) is 0.915. The first-order valence-corrected chi connectivity index (χ1v) is 6.86. The number of aromatic nitrogens is 3. The SMILES string of the molecule is Cc1ccc(Cc2nc3n(n2)CCCC3CO)cc1. The fourth-order valence-corrected chi connectivity index (χ4v) is 2.62. The van der Waals surface area contributed by atoms with Crippen molar-refractivity contribution >= 4 is 0 Å². The first-order valence-electron chi connectivity index (χ1n) is 6.86. The van der Waals surface area contributed by atoms with Gasteiger partial charge in [0.15, 0.2) is 5.82 Å². The van der Waals surface area contributed by atoms with Crippen molar-refractivity contribution in [3.8, 4) is 0 Å². The van der Waals surface area contributed by atoms with Gasteiger partial charge in [-0.2, -0.15) is 5.10 Å². The second-order valence-electron chi connectivity index (χ2n) is 5.29. The molecule has 1 aliphatic heterocycles. The second-order valence-corrected chi connectivity index (χ2v) is 5.29. The summed E-state index contributed by atoms with van der Waals surface area (Å²) in [5.41, 5.74) is 2.50. The van der Waals surface area contributed by atoms with Crippen molar-refractivity contribution < 1.29 is 5.11 Å².